The third-order valence-corrected chi connectivity index (χ3v) is 9.78. The van der Waals surface area contributed by atoms with Gasteiger partial charge in [-0.1, -0.05) is 0 Å². The zero-order chi connectivity index (χ0) is 6.69. The molecular formula is C6H4BrFHg. The zero-order valence-electron chi connectivity index (χ0n) is 4.77. The molecule has 1 rings (SSSR count). The van der Waals surface area contributed by atoms with E-state index in [0.29, 0.717) is 0 Å². The van der Waals surface area contributed by atoms with Gasteiger partial charge in [0.05, 0.1) is 0 Å². The first-order valence-corrected chi connectivity index (χ1v) is 17.3. The molecule has 0 nitrogen and oxygen atoms in total. The molecule has 1 aromatic rings. The van der Waals surface area contributed by atoms with Gasteiger partial charge in [0.15, 0.2) is 0 Å². The first kappa shape index (κ1) is 7.67. The summed E-state index contributed by atoms with van der Waals surface area (Å²) in [4.78, 5) is 0. The molecule has 3 heteroatoms. The van der Waals surface area contributed by atoms with Crippen LogP contribution >= 0.6 is 11.9 Å². The predicted molar refractivity (Wildman–Crippen MR) is 35.0 cm³/mol. The molecule has 0 spiro atoms. The topological polar surface area (TPSA) is 0 Å². The van der Waals surface area contributed by atoms with E-state index in [4.69, 9.17) is 0 Å². The fraction of sp³-hybridized carbons (Fsp3) is 0. The van der Waals surface area contributed by atoms with Gasteiger partial charge in [-0.25, -0.2) is 0 Å². The Hall–Kier alpha value is 0.565. The Morgan fingerprint density at radius 2 is 1.78 bits per heavy atom. The quantitative estimate of drug-likeness (QED) is 0.657. The molecule has 0 saturated carbocycles. The third kappa shape index (κ3) is 2.34. The van der Waals surface area contributed by atoms with Crippen molar-refractivity contribution < 1.29 is 26.5 Å². The van der Waals surface area contributed by atoms with Gasteiger partial charge in [0.25, 0.3) is 0 Å². The van der Waals surface area contributed by atoms with Crippen molar-refractivity contribution in [1.29, 1.82) is 0 Å². The molecule has 9 heavy (non-hydrogen) atoms. The molecule has 0 aliphatic heterocycles. The number of hydrogen-bond donors (Lipinski definition) is 0. The summed E-state index contributed by atoms with van der Waals surface area (Å²) in [6, 6.07) is 6.73. The Morgan fingerprint density at radius 3 is 2.22 bits per heavy atom. The Labute approximate surface area is 71.1 Å². The van der Waals surface area contributed by atoms with Gasteiger partial charge in [-0.2, -0.15) is 0 Å². The number of benzene rings is 1. The predicted octanol–water partition coefficient (Wildman–Crippen LogP) is 1.84. The second kappa shape index (κ2) is 3.66. The van der Waals surface area contributed by atoms with Crippen LogP contribution in [0.15, 0.2) is 24.3 Å². The summed E-state index contributed by atoms with van der Waals surface area (Å²) in [5.74, 6) is -0.145. The van der Waals surface area contributed by atoms with Crippen LogP contribution in [0.5, 0.6) is 0 Å². The van der Waals surface area contributed by atoms with E-state index in [-0.39, 0.29) is 5.82 Å². The van der Waals surface area contributed by atoms with E-state index in [1.54, 1.807) is 0 Å². The molecule has 0 amide bonds. The Morgan fingerprint density at radius 1 is 1.22 bits per heavy atom. The minimum atomic E-state index is -0.917. The second-order valence-corrected chi connectivity index (χ2v) is 10.9. The molecule has 0 atom stereocenters. The van der Waals surface area contributed by atoms with E-state index in [2.05, 4.69) is 11.9 Å². The fourth-order valence-corrected chi connectivity index (χ4v) is 5.46. The molecule has 0 bridgehead atoms. The Bertz CT molecular complexity index is 185. The summed E-state index contributed by atoms with van der Waals surface area (Å²) in [5.41, 5.74) is 0. The molecule has 0 N–H and O–H groups in total. The molecule has 0 saturated heterocycles. The molecule has 0 aliphatic rings. The van der Waals surface area contributed by atoms with Gasteiger partial charge in [0, 0.05) is 0 Å². The fourth-order valence-electron chi connectivity index (χ4n) is 0.573. The normalized spacial score (nSPS) is 8.67. The monoisotopic (exact) mass is 376 g/mol. The van der Waals surface area contributed by atoms with Crippen molar-refractivity contribution in [2.24, 2.45) is 0 Å². The summed E-state index contributed by atoms with van der Waals surface area (Å²) in [6.07, 6.45) is 0. The Balaban J connectivity index is 2.88. The van der Waals surface area contributed by atoms with Crippen LogP contribution in [0.2, 0.25) is 0 Å². The van der Waals surface area contributed by atoms with Crippen LogP contribution in [0.25, 0.3) is 0 Å². The third-order valence-electron chi connectivity index (χ3n) is 1.07. The summed E-state index contributed by atoms with van der Waals surface area (Å²) in [7, 11) is 0. The molecule has 0 aromatic heterocycles. The summed E-state index contributed by atoms with van der Waals surface area (Å²) in [6.45, 7) is 0. The Kier molecular flexibility index (Phi) is 3.12. The average molecular weight is 376 g/mol. The number of halogens is 2. The molecule has 1 aromatic carbocycles. The van der Waals surface area contributed by atoms with E-state index in [9.17, 15) is 4.39 Å². The molecular weight excluding hydrogens is 372 g/mol. The first-order chi connectivity index (χ1) is 4.33. The van der Waals surface area contributed by atoms with E-state index in [1.165, 1.54) is 15.2 Å². The van der Waals surface area contributed by atoms with Crippen LogP contribution in [-0.4, -0.2) is 0 Å². The van der Waals surface area contributed by atoms with Crippen molar-refractivity contribution >= 4 is 15.0 Å². The van der Waals surface area contributed by atoms with Gasteiger partial charge in [0.2, 0.25) is 0 Å². The van der Waals surface area contributed by atoms with Gasteiger partial charge >= 0.3 is 71.6 Å². The molecule has 44 valence electrons. The summed E-state index contributed by atoms with van der Waals surface area (Å²) >= 11 is 2.56. The molecule has 0 unspecified atom stereocenters. The van der Waals surface area contributed by atoms with Crippen molar-refractivity contribution in [2.75, 3.05) is 0 Å². The minimum absolute atomic E-state index is 0.145. The van der Waals surface area contributed by atoms with Crippen molar-refractivity contribution in [2.45, 2.75) is 0 Å². The van der Waals surface area contributed by atoms with Crippen LogP contribution in [0, 0.1) is 5.82 Å². The van der Waals surface area contributed by atoms with Gasteiger partial charge in [-0.15, -0.1) is 0 Å². The first-order valence-electron chi connectivity index (χ1n) is 2.63. The van der Waals surface area contributed by atoms with Crippen molar-refractivity contribution in [3.8, 4) is 0 Å². The van der Waals surface area contributed by atoms with Gasteiger partial charge in [-0.3, -0.25) is 0 Å². The van der Waals surface area contributed by atoms with E-state index in [0.717, 1.165) is 0 Å². The van der Waals surface area contributed by atoms with E-state index < -0.39 is 22.1 Å². The molecule has 0 aliphatic carbocycles. The summed E-state index contributed by atoms with van der Waals surface area (Å²) in [5, 5.41) is 0. The van der Waals surface area contributed by atoms with Crippen molar-refractivity contribution in [1.82, 2.24) is 0 Å². The van der Waals surface area contributed by atoms with Crippen molar-refractivity contribution in [3.05, 3.63) is 30.1 Å². The van der Waals surface area contributed by atoms with E-state index >= 15 is 0 Å². The molecule has 0 fully saturated rings. The van der Waals surface area contributed by atoms with Crippen LogP contribution in [0.3, 0.4) is 0 Å². The molecule has 0 heterocycles. The van der Waals surface area contributed by atoms with Crippen LogP contribution in [-0.2, 0) is 22.1 Å². The maximum absolute atomic E-state index is 12.2. The van der Waals surface area contributed by atoms with Gasteiger partial charge in [0.1, 0.15) is 0 Å². The van der Waals surface area contributed by atoms with E-state index in [1.807, 2.05) is 12.1 Å². The van der Waals surface area contributed by atoms with Gasteiger partial charge in [-0.05, 0) is 0 Å². The SMILES string of the molecule is Fc1cc[c]([Hg][Br])cc1. The van der Waals surface area contributed by atoms with Crippen LogP contribution in [0.4, 0.5) is 4.39 Å². The maximum atomic E-state index is 12.2. The van der Waals surface area contributed by atoms with Crippen molar-refractivity contribution in [3.63, 3.8) is 0 Å². The standard InChI is InChI=1S/C6H4F.BrH.Hg/c7-6-4-2-1-3-5-6;;/h2-5H;1H;/q;;+1/p-1. The number of hydrogen-bond acceptors (Lipinski definition) is 0. The van der Waals surface area contributed by atoms with Crippen LogP contribution < -0.4 is 3.07 Å². The second-order valence-electron chi connectivity index (χ2n) is 1.76. The number of rotatable bonds is 1. The van der Waals surface area contributed by atoms with Crippen LogP contribution in [0.1, 0.15) is 0 Å². The summed E-state index contributed by atoms with van der Waals surface area (Å²) < 4.78 is 13.5. The average Bonchev–Trinajstić information content (AvgIpc) is 1.90. The molecule has 0 radical (unpaired) electrons. The zero-order valence-corrected chi connectivity index (χ0v) is 11.9. The van der Waals surface area contributed by atoms with Gasteiger partial charge < -0.3 is 0 Å².